The molecule has 1 amide bonds. The second kappa shape index (κ2) is 8.58. The van der Waals surface area contributed by atoms with E-state index in [9.17, 15) is 23.3 Å². The lowest BCUT2D eigenvalue weighted by molar-refractivity contribution is -0.385. The molecule has 1 aliphatic rings. The molecule has 154 valence electrons. The number of hydrogen-bond acceptors (Lipinski definition) is 6. The van der Waals surface area contributed by atoms with Gasteiger partial charge in [0.25, 0.3) is 5.91 Å². The highest BCUT2D eigenvalue weighted by Gasteiger charge is 2.26. The summed E-state index contributed by atoms with van der Waals surface area (Å²) >= 11 is 0. The number of carbonyl (C=O) groups is 1. The van der Waals surface area contributed by atoms with Crippen molar-refractivity contribution in [3.05, 3.63) is 58.1 Å². The average Bonchev–Trinajstić information content (AvgIpc) is 2.74. The highest BCUT2D eigenvalue weighted by atomic mass is 32.2. The van der Waals surface area contributed by atoms with E-state index in [4.69, 9.17) is 4.74 Å². The molecular formula is C19H21N3O6S. The zero-order valence-electron chi connectivity index (χ0n) is 15.8. The van der Waals surface area contributed by atoms with E-state index in [1.807, 2.05) is 0 Å². The van der Waals surface area contributed by atoms with Crippen LogP contribution in [0.15, 0.2) is 47.4 Å². The third-order valence-electron chi connectivity index (χ3n) is 4.70. The first-order chi connectivity index (χ1) is 13.8. The Morgan fingerprint density at radius 2 is 1.76 bits per heavy atom. The van der Waals surface area contributed by atoms with Crippen molar-refractivity contribution in [3.63, 3.8) is 0 Å². The molecule has 0 bridgehead atoms. The van der Waals surface area contributed by atoms with E-state index < -0.39 is 20.9 Å². The largest absolute Gasteiger partial charge is 0.490 e. The SMILES string of the molecule is COc1ccc(C(=O)Nc2ccc(S(=O)(=O)N3CCCCC3)cc2)cc1[N+](=O)[O-]. The second-order valence-electron chi connectivity index (χ2n) is 6.59. The fourth-order valence-electron chi connectivity index (χ4n) is 3.14. The van der Waals surface area contributed by atoms with E-state index in [1.54, 1.807) is 0 Å². The van der Waals surface area contributed by atoms with Crippen molar-refractivity contribution in [3.8, 4) is 5.75 Å². The van der Waals surface area contributed by atoms with Crippen LogP contribution in [0.4, 0.5) is 11.4 Å². The van der Waals surface area contributed by atoms with Gasteiger partial charge in [-0.1, -0.05) is 6.42 Å². The highest BCUT2D eigenvalue weighted by Crippen LogP contribution is 2.28. The molecule has 2 aromatic carbocycles. The van der Waals surface area contributed by atoms with Gasteiger partial charge >= 0.3 is 5.69 Å². The monoisotopic (exact) mass is 419 g/mol. The maximum atomic E-state index is 12.7. The standard InChI is InChI=1S/C19H21N3O6S/c1-28-18-10-5-14(13-17(18)22(24)25)19(23)20-15-6-8-16(9-7-15)29(26,27)21-11-3-2-4-12-21/h5-10,13H,2-4,11-12H2,1H3,(H,20,23). The number of nitro groups is 1. The summed E-state index contributed by atoms with van der Waals surface area (Å²) in [5.74, 6) is -0.499. The van der Waals surface area contributed by atoms with E-state index in [0.29, 0.717) is 18.8 Å². The molecule has 1 aliphatic heterocycles. The lowest BCUT2D eigenvalue weighted by Crippen LogP contribution is -2.35. The predicted molar refractivity (Wildman–Crippen MR) is 107 cm³/mol. The molecule has 0 unspecified atom stereocenters. The quantitative estimate of drug-likeness (QED) is 0.568. The van der Waals surface area contributed by atoms with Crippen LogP contribution in [0.1, 0.15) is 29.6 Å². The van der Waals surface area contributed by atoms with Gasteiger partial charge in [-0.05, 0) is 49.2 Å². The summed E-state index contributed by atoms with van der Waals surface area (Å²) in [6.07, 6.45) is 2.73. The van der Waals surface area contributed by atoms with Crippen LogP contribution in [0.25, 0.3) is 0 Å². The van der Waals surface area contributed by atoms with Gasteiger partial charge in [-0.3, -0.25) is 14.9 Å². The minimum absolute atomic E-state index is 0.0545. The fraction of sp³-hybridized carbons (Fsp3) is 0.316. The first kappa shape index (κ1) is 20.7. The van der Waals surface area contributed by atoms with Crippen molar-refractivity contribution in [1.82, 2.24) is 4.31 Å². The van der Waals surface area contributed by atoms with E-state index >= 15 is 0 Å². The molecule has 2 aromatic rings. The van der Waals surface area contributed by atoms with Crippen molar-refractivity contribution < 1.29 is 22.9 Å². The molecule has 0 atom stereocenters. The number of anilines is 1. The number of benzene rings is 2. The summed E-state index contributed by atoms with van der Waals surface area (Å²) in [6.45, 7) is 1.02. The van der Waals surface area contributed by atoms with E-state index in [0.717, 1.165) is 25.3 Å². The summed E-state index contributed by atoms with van der Waals surface area (Å²) < 4.78 is 31.7. The topological polar surface area (TPSA) is 119 Å². The number of methoxy groups -OCH3 is 1. The molecule has 10 heteroatoms. The van der Waals surface area contributed by atoms with Crippen LogP contribution in [0, 0.1) is 10.1 Å². The first-order valence-corrected chi connectivity index (χ1v) is 10.5. The van der Waals surface area contributed by atoms with Gasteiger partial charge < -0.3 is 10.1 Å². The third-order valence-corrected chi connectivity index (χ3v) is 6.62. The average molecular weight is 419 g/mol. The van der Waals surface area contributed by atoms with Crippen molar-refractivity contribution in [2.75, 3.05) is 25.5 Å². The van der Waals surface area contributed by atoms with Crippen LogP contribution in [0.2, 0.25) is 0 Å². The minimum Gasteiger partial charge on any atom is -0.490 e. The van der Waals surface area contributed by atoms with Crippen molar-refractivity contribution in [2.24, 2.45) is 0 Å². The van der Waals surface area contributed by atoms with Gasteiger partial charge in [0.05, 0.1) is 16.9 Å². The number of hydrogen-bond donors (Lipinski definition) is 1. The van der Waals surface area contributed by atoms with Crippen LogP contribution >= 0.6 is 0 Å². The van der Waals surface area contributed by atoms with Crippen molar-refractivity contribution >= 4 is 27.3 Å². The van der Waals surface area contributed by atoms with Crippen LogP contribution in [-0.4, -0.2) is 43.8 Å². The van der Waals surface area contributed by atoms with Crippen LogP contribution < -0.4 is 10.1 Å². The number of nitrogens with one attached hydrogen (secondary N) is 1. The van der Waals surface area contributed by atoms with Gasteiger partial charge in [0, 0.05) is 30.4 Å². The molecule has 0 aromatic heterocycles. The van der Waals surface area contributed by atoms with E-state index in [2.05, 4.69) is 5.32 Å². The zero-order chi connectivity index (χ0) is 21.0. The molecule has 0 aliphatic carbocycles. The van der Waals surface area contributed by atoms with Gasteiger partial charge in [-0.15, -0.1) is 0 Å². The summed E-state index contributed by atoms with van der Waals surface area (Å²) in [4.78, 5) is 23.1. The Balaban J connectivity index is 1.75. The predicted octanol–water partition coefficient (Wildman–Crippen LogP) is 3.03. The molecule has 1 fully saturated rings. The molecule has 1 heterocycles. The van der Waals surface area contributed by atoms with Gasteiger partial charge in [-0.25, -0.2) is 8.42 Å². The molecule has 1 saturated heterocycles. The lowest BCUT2D eigenvalue weighted by Gasteiger charge is -2.25. The Labute approximate surface area is 168 Å². The van der Waals surface area contributed by atoms with E-state index in [1.165, 1.54) is 47.8 Å². The number of rotatable bonds is 6. The summed E-state index contributed by atoms with van der Waals surface area (Å²) in [7, 11) is -2.24. The van der Waals surface area contributed by atoms with Gasteiger partial charge in [0.1, 0.15) is 0 Å². The normalized spacial score (nSPS) is 14.9. The Bertz CT molecular complexity index is 1010. The molecule has 0 spiro atoms. The van der Waals surface area contributed by atoms with Crippen molar-refractivity contribution in [1.29, 1.82) is 0 Å². The molecule has 29 heavy (non-hydrogen) atoms. The summed E-state index contributed by atoms with van der Waals surface area (Å²) in [5, 5.41) is 13.7. The van der Waals surface area contributed by atoms with Crippen LogP contribution in [-0.2, 0) is 10.0 Å². The Morgan fingerprint density at radius 3 is 2.34 bits per heavy atom. The maximum absolute atomic E-state index is 12.7. The number of carbonyl (C=O) groups excluding carboxylic acids is 1. The number of amides is 1. The maximum Gasteiger partial charge on any atom is 0.311 e. The summed E-state index contributed by atoms with van der Waals surface area (Å²) in [6, 6.07) is 9.76. The zero-order valence-corrected chi connectivity index (χ0v) is 16.6. The fourth-order valence-corrected chi connectivity index (χ4v) is 4.66. The first-order valence-electron chi connectivity index (χ1n) is 9.07. The van der Waals surface area contributed by atoms with E-state index in [-0.39, 0.29) is 21.9 Å². The highest BCUT2D eigenvalue weighted by molar-refractivity contribution is 7.89. The smallest absolute Gasteiger partial charge is 0.311 e. The number of piperidine rings is 1. The molecular weight excluding hydrogens is 398 g/mol. The van der Waals surface area contributed by atoms with Crippen LogP contribution in [0.5, 0.6) is 5.75 Å². The number of sulfonamides is 1. The van der Waals surface area contributed by atoms with Gasteiger partial charge in [-0.2, -0.15) is 4.31 Å². The number of ether oxygens (including phenoxy) is 1. The van der Waals surface area contributed by atoms with Crippen molar-refractivity contribution in [2.45, 2.75) is 24.2 Å². The number of nitrogens with zero attached hydrogens (tertiary/aromatic N) is 2. The minimum atomic E-state index is -3.55. The lowest BCUT2D eigenvalue weighted by atomic mass is 10.1. The molecule has 0 radical (unpaired) electrons. The Hall–Kier alpha value is -2.98. The molecule has 3 rings (SSSR count). The molecule has 9 nitrogen and oxygen atoms in total. The Morgan fingerprint density at radius 1 is 1.10 bits per heavy atom. The second-order valence-corrected chi connectivity index (χ2v) is 8.52. The molecule has 0 saturated carbocycles. The molecule has 1 N–H and O–H groups in total. The Kier molecular flexibility index (Phi) is 6.14. The van der Waals surface area contributed by atoms with Crippen LogP contribution in [0.3, 0.4) is 0 Å². The number of nitro benzene ring substituents is 1. The van der Waals surface area contributed by atoms with Gasteiger partial charge in [0.15, 0.2) is 5.75 Å². The third kappa shape index (κ3) is 4.54. The summed E-state index contributed by atoms with van der Waals surface area (Å²) in [5.41, 5.74) is 0.150. The van der Waals surface area contributed by atoms with Gasteiger partial charge in [0.2, 0.25) is 10.0 Å².